The van der Waals surface area contributed by atoms with Crippen LogP contribution in [-0.2, 0) is 16.0 Å². The first-order valence-corrected chi connectivity index (χ1v) is 8.63. The van der Waals surface area contributed by atoms with E-state index in [0.717, 1.165) is 48.5 Å². The summed E-state index contributed by atoms with van der Waals surface area (Å²) in [5.74, 6) is 0.0619. The molecule has 5 heteroatoms. The van der Waals surface area contributed by atoms with Gasteiger partial charge in [0.05, 0.1) is 23.9 Å². The maximum atomic E-state index is 12.0. The summed E-state index contributed by atoms with van der Waals surface area (Å²) in [6.45, 7) is 5.57. The van der Waals surface area contributed by atoms with Crippen molar-refractivity contribution in [3.8, 4) is 5.69 Å². The molecule has 2 aromatic rings. The average molecular weight is 327 g/mol. The summed E-state index contributed by atoms with van der Waals surface area (Å²) in [5.41, 5.74) is 4.13. The van der Waals surface area contributed by atoms with Crippen molar-refractivity contribution in [1.82, 2.24) is 15.1 Å². The lowest BCUT2D eigenvalue weighted by Gasteiger charge is -2.10. The standard InChI is InChI=1S/C19H25N3O2/c1-14-12-15(2)22(21-14)17-7-5-16(6-8-17)13-19(23)20-10-9-18-4-3-11-24-18/h5-8,12,18H,3-4,9-11,13H2,1-2H3,(H,20,23)/t18-/m1/s1. The van der Waals surface area contributed by atoms with E-state index in [0.29, 0.717) is 19.1 Å². The van der Waals surface area contributed by atoms with Gasteiger partial charge in [0.2, 0.25) is 5.91 Å². The number of hydrogen-bond acceptors (Lipinski definition) is 3. The second kappa shape index (κ2) is 7.62. The first-order valence-electron chi connectivity index (χ1n) is 8.63. The Bertz CT molecular complexity index is 685. The first kappa shape index (κ1) is 16.7. The Balaban J connectivity index is 1.50. The molecule has 1 aromatic carbocycles. The zero-order valence-corrected chi connectivity index (χ0v) is 14.4. The van der Waals surface area contributed by atoms with Crippen molar-refractivity contribution < 1.29 is 9.53 Å². The van der Waals surface area contributed by atoms with Crippen molar-refractivity contribution in [3.05, 3.63) is 47.3 Å². The van der Waals surface area contributed by atoms with E-state index >= 15 is 0 Å². The molecule has 3 rings (SSSR count). The SMILES string of the molecule is Cc1cc(C)n(-c2ccc(CC(=O)NCC[C@H]3CCCO3)cc2)n1. The van der Waals surface area contributed by atoms with Gasteiger partial charge in [-0.25, -0.2) is 4.68 Å². The number of nitrogens with one attached hydrogen (secondary N) is 1. The highest BCUT2D eigenvalue weighted by Crippen LogP contribution is 2.15. The van der Waals surface area contributed by atoms with Gasteiger partial charge in [0, 0.05) is 18.8 Å². The van der Waals surface area contributed by atoms with Crippen LogP contribution in [0, 0.1) is 13.8 Å². The van der Waals surface area contributed by atoms with Gasteiger partial charge in [-0.2, -0.15) is 5.10 Å². The summed E-state index contributed by atoms with van der Waals surface area (Å²) in [6, 6.07) is 10.1. The molecule has 1 aromatic heterocycles. The van der Waals surface area contributed by atoms with Gasteiger partial charge in [0.15, 0.2) is 0 Å². The van der Waals surface area contributed by atoms with Crippen molar-refractivity contribution >= 4 is 5.91 Å². The predicted octanol–water partition coefficient (Wildman–Crippen LogP) is 2.72. The summed E-state index contributed by atoms with van der Waals surface area (Å²) < 4.78 is 7.48. The van der Waals surface area contributed by atoms with Crippen LogP contribution < -0.4 is 5.32 Å². The Labute approximate surface area is 143 Å². The molecular formula is C19H25N3O2. The summed E-state index contributed by atoms with van der Waals surface area (Å²) in [6.07, 6.45) is 3.89. The number of amides is 1. The van der Waals surface area contributed by atoms with Crippen molar-refractivity contribution in [1.29, 1.82) is 0 Å². The molecule has 24 heavy (non-hydrogen) atoms. The fourth-order valence-electron chi connectivity index (χ4n) is 3.14. The third kappa shape index (κ3) is 4.23. The van der Waals surface area contributed by atoms with Crippen LogP contribution in [0.4, 0.5) is 0 Å². The van der Waals surface area contributed by atoms with Gasteiger partial charge in [0.1, 0.15) is 0 Å². The van der Waals surface area contributed by atoms with E-state index in [9.17, 15) is 4.79 Å². The van der Waals surface area contributed by atoms with Crippen LogP contribution in [0.2, 0.25) is 0 Å². The summed E-state index contributed by atoms with van der Waals surface area (Å²) in [4.78, 5) is 12.0. The van der Waals surface area contributed by atoms with Crippen LogP contribution in [-0.4, -0.2) is 34.9 Å². The fourth-order valence-corrected chi connectivity index (χ4v) is 3.14. The van der Waals surface area contributed by atoms with Crippen LogP contribution >= 0.6 is 0 Å². The lowest BCUT2D eigenvalue weighted by atomic mass is 10.1. The van der Waals surface area contributed by atoms with Gasteiger partial charge in [-0.15, -0.1) is 0 Å². The molecule has 1 N–H and O–H groups in total. The molecule has 1 fully saturated rings. The number of carbonyl (C=O) groups excluding carboxylic acids is 1. The number of aryl methyl sites for hydroxylation is 2. The van der Waals surface area contributed by atoms with E-state index in [1.165, 1.54) is 0 Å². The summed E-state index contributed by atoms with van der Waals surface area (Å²) >= 11 is 0. The molecule has 5 nitrogen and oxygen atoms in total. The topological polar surface area (TPSA) is 56.2 Å². The van der Waals surface area contributed by atoms with Gasteiger partial charge in [-0.05, 0) is 56.9 Å². The highest BCUT2D eigenvalue weighted by molar-refractivity contribution is 5.78. The molecule has 1 aliphatic heterocycles. The molecule has 1 aliphatic rings. The molecular weight excluding hydrogens is 302 g/mol. The van der Waals surface area contributed by atoms with Crippen LogP contribution in [0.1, 0.15) is 36.2 Å². The quantitative estimate of drug-likeness (QED) is 0.887. The molecule has 1 saturated heterocycles. The van der Waals surface area contributed by atoms with Crippen molar-refractivity contribution in [2.45, 2.75) is 45.6 Å². The Morgan fingerprint density at radius 2 is 2.12 bits per heavy atom. The lowest BCUT2D eigenvalue weighted by Crippen LogP contribution is -2.28. The van der Waals surface area contributed by atoms with E-state index in [1.54, 1.807) is 0 Å². The number of benzene rings is 1. The number of carbonyl (C=O) groups is 1. The molecule has 2 heterocycles. The maximum absolute atomic E-state index is 12.0. The van der Waals surface area contributed by atoms with Crippen molar-refractivity contribution in [2.75, 3.05) is 13.2 Å². The molecule has 1 amide bonds. The maximum Gasteiger partial charge on any atom is 0.224 e. The number of rotatable bonds is 6. The highest BCUT2D eigenvalue weighted by Gasteiger charge is 2.15. The normalized spacial score (nSPS) is 17.2. The first-order chi connectivity index (χ1) is 11.6. The molecule has 0 aliphatic carbocycles. The van der Waals surface area contributed by atoms with Crippen LogP contribution in [0.3, 0.4) is 0 Å². The minimum atomic E-state index is 0.0619. The number of nitrogens with zero attached hydrogens (tertiary/aromatic N) is 2. The zero-order valence-electron chi connectivity index (χ0n) is 14.4. The zero-order chi connectivity index (χ0) is 16.9. The molecule has 0 unspecified atom stereocenters. The molecule has 128 valence electrons. The number of ether oxygens (including phenoxy) is 1. The Morgan fingerprint density at radius 3 is 2.75 bits per heavy atom. The van der Waals surface area contributed by atoms with Crippen LogP contribution in [0.25, 0.3) is 5.69 Å². The monoisotopic (exact) mass is 327 g/mol. The molecule has 0 spiro atoms. The third-order valence-electron chi connectivity index (χ3n) is 4.37. The fraction of sp³-hybridized carbons (Fsp3) is 0.474. The van der Waals surface area contributed by atoms with Crippen molar-refractivity contribution in [2.24, 2.45) is 0 Å². The van der Waals surface area contributed by atoms with Gasteiger partial charge in [-0.3, -0.25) is 4.79 Å². The highest BCUT2D eigenvalue weighted by atomic mass is 16.5. The predicted molar refractivity (Wildman–Crippen MR) is 93.3 cm³/mol. The Kier molecular flexibility index (Phi) is 5.30. The van der Waals surface area contributed by atoms with E-state index < -0.39 is 0 Å². The van der Waals surface area contributed by atoms with Crippen LogP contribution in [0.5, 0.6) is 0 Å². The Hall–Kier alpha value is -2.14. The smallest absolute Gasteiger partial charge is 0.224 e. The van der Waals surface area contributed by atoms with Gasteiger partial charge < -0.3 is 10.1 Å². The second-order valence-corrected chi connectivity index (χ2v) is 6.46. The van der Waals surface area contributed by atoms with E-state index in [4.69, 9.17) is 4.74 Å². The second-order valence-electron chi connectivity index (χ2n) is 6.46. The minimum Gasteiger partial charge on any atom is -0.378 e. The third-order valence-corrected chi connectivity index (χ3v) is 4.37. The van der Waals surface area contributed by atoms with Gasteiger partial charge in [-0.1, -0.05) is 12.1 Å². The average Bonchev–Trinajstić information content (AvgIpc) is 3.18. The van der Waals surface area contributed by atoms with E-state index in [2.05, 4.69) is 16.5 Å². The summed E-state index contributed by atoms with van der Waals surface area (Å²) in [5, 5.41) is 7.46. The van der Waals surface area contributed by atoms with Gasteiger partial charge in [0.25, 0.3) is 0 Å². The molecule has 0 saturated carbocycles. The molecule has 0 radical (unpaired) electrons. The lowest BCUT2D eigenvalue weighted by molar-refractivity contribution is -0.120. The largest absolute Gasteiger partial charge is 0.378 e. The minimum absolute atomic E-state index is 0.0619. The van der Waals surface area contributed by atoms with E-state index in [1.807, 2.05) is 42.8 Å². The summed E-state index contributed by atoms with van der Waals surface area (Å²) in [7, 11) is 0. The Morgan fingerprint density at radius 1 is 1.33 bits per heavy atom. The van der Waals surface area contributed by atoms with Gasteiger partial charge >= 0.3 is 0 Å². The molecule has 0 bridgehead atoms. The van der Waals surface area contributed by atoms with Crippen molar-refractivity contribution in [3.63, 3.8) is 0 Å². The van der Waals surface area contributed by atoms with Crippen LogP contribution in [0.15, 0.2) is 30.3 Å². The number of hydrogen-bond donors (Lipinski definition) is 1. The number of aromatic nitrogens is 2. The van der Waals surface area contributed by atoms with E-state index in [-0.39, 0.29) is 5.91 Å². The molecule has 1 atom stereocenters.